The molecule has 2 aliphatic carbocycles. The molecule has 1 heterocycles. The summed E-state index contributed by atoms with van der Waals surface area (Å²) in [5.41, 5.74) is 4.14. The molecule has 0 aromatic heterocycles. The van der Waals surface area contributed by atoms with Crippen LogP contribution in [0.4, 0.5) is 9.18 Å². The normalized spacial score (nSPS) is 22.6. The van der Waals surface area contributed by atoms with E-state index in [1.807, 2.05) is 72.8 Å². The number of amides is 1. The minimum atomic E-state index is -1.51. The van der Waals surface area contributed by atoms with Crippen molar-refractivity contribution in [2.45, 2.75) is 82.8 Å². The van der Waals surface area contributed by atoms with Gasteiger partial charge >= 0.3 is 6.09 Å². The Balaban J connectivity index is 1.33. The average molecular weight is 883 g/mol. The maximum absolute atomic E-state index is 14.5. The van der Waals surface area contributed by atoms with E-state index < -0.39 is 23.8 Å². The molecule has 0 saturated heterocycles. The molecule has 0 radical (unpaired) electrons. The number of aliphatic hydroxyl groups excluding tert-OH is 2. The Kier molecular flexibility index (Phi) is 14.9. The summed E-state index contributed by atoms with van der Waals surface area (Å²) in [5.74, 6) is -0.709. The molecule has 0 bridgehead atoms. The van der Waals surface area contributed by atoms with E-state index in [4.69, 9.17) is 28.9 Å². The molecular formula is C54H59FN2O8. The summed E-state index contributed by atoms with van der Waals surface area (Å²) in [5, 5.41) is 27.1. The Labute approximate surface area is 380 Å². The summed E-state index contributed by atoms with van der Waals surface area (Å²) in [6, 6.07) is 35.2. The van der Waals surface area contributed by atoms with E-state index in [0.717, 1.165) is 53.2 Å². The van der Waals surface area contributed by atoms with Gasteiger partial charge in [-0.05, 0) is 114 Å². The number of hydrogen-bond donors (Lipinski definition) is 2. The van der Waals surface area contributed by atoms with Gasteiger partial charge in [0.2, 0.25) is 5.79 Å². The molecular weight excluding hydrogens is 824 g/mol. The van der Waals surface area contributed by atoms with Crippen LogP contribution in [0.5, 0.6) is 17.2 Å². The maximum Gasteiger partial charge on any atom is 0.410 e. The van der Waals surface area contributed by atoms with Gasteiger partial charge in [0.05, 0.1) is 24.8 Å². The Bertz CT molecular complexity index is 2460. The summed E-state index contributed by atoms with van der Waals surface area (Å²) in [6.07, 6.45) is 8.06. The first-order valence-electron chi connectivity index (χ1n) is 22.9. The fourth-order valence-electron chi connectivity index (χ4n) is 10.1. The average Bonchev–Trinajstić information content (AvgIpc) is 3.32. The highest BCUT2D eigenvalue weighted by Crippen LogP contribution is 2.62. The molecule has 11 heteroatoms. The van der Waals surface area contributed by atoms with E-state index in [0.29, 0.717) is 41.4 Å². The zero-order chi connectivity index (χ0) is 45.2. The van der Waals surface area contributed by atoms with Crippen molar-refractivity contribution in [1.29, 1.82) is 0 Å². The number of halogens is 1. The molecule has 2 N–H and O–H groups in total. The van der Waals surface area contributed by atoms with Crippen LogP contribution in [0.3, 0.4) is 0 Å². The van der Waals surface area contributed by atoms with Gasteiger partial charge < -0.3 is 34.0 Å². The molecule has 1 saturated carbocycles. The number of allylic oxidation sites excluding steroid dienone is 1. The lowest BCUT2D eigenvalue weighted by Gasteiger charge is -2.59. The second kappa shape index (κ2) is 21.3. The number of carbonyl (C=O) groups excluding carboxylic acids is 1. The predicted octanol–water partition coefficient (Wildman–Crippen LogP) is 11.3. The molecule has 0 unspecified atom stereocenters. The summed E-state index contributed by atoms with van der Waals surface area (Å²) in [6.45, 7) is 6.48. The standard InChI is InChI=1S/C54H59FN2O8/c1-3-30-62-54-50(57(53(60)61-4-2)35-37-20-23-42(55)24-21-37)34-48(56-63-36-38-14-6-5-7-15-38)46-32-41(18-10-12-28-58)45(19-11-13-29-59)51(52(46)54)47-33-44(26-27-49(47)65-54)64-43-25-22-39-16-8-9-17-40(39)31-43/h3,5-9,14-17,20-27,31-33,41,45,50-52,58-59H,1,4,10-13,18-19,28-30,34-36H2,2H3/t41-,45+,50-,51+,52+,54+/m0/s1. The van der Waals surface area contributed by atoms with Crippen LogP contribution >= 0.6 is 0 Å². The van der Waals surface area contributed by atoms with Crippen molar-refractivity contribution >= 4 is 22.6 Å². The molecule has 3 aliphatic rings. The lowest BCUT2D eigenvalue weighted by molar-refractivity contribution is -0.256. The number of fused-ring (bicyclic) bond motifs is 3. The van der Waals surface area contributed by atoms with Gasteiger partial charge in [0.1, 0.15) is 35.7 Å². The van der Waals surface area contributed by atoms with Gasteiger partial charge in [-0.1, -0.05) is 103 Å². The highest BCUT2D eigenvalue weighted by atomic mass is 19.1. The predicted molar refractivity (Wildman–Crippen MR) is 249 cm³/mol. The van der Waals surface area contributed by atoms with Crippen molar-refractivity contribution in [3.63, 3.8) is 0 Å². The first kappa shape index (κ1) is 45.6. The number of nitrogens with zero attached hydrogens (tertiary/aromatic N) is 2. The van der Waals surface area contributed by atoms with Crippen LogP contribution < -0.4 is 9.47 Å². The summed E-state index contributed by atoms with van der Waals surface area (Å²) in [7, 11) is 0. The molecule has 10 nitrogen and oxygen atoms in total. The van der Waals surface area contributed by atoms with Gasteiger partial charge in [-0.3, -0.25) is 4.90 Å². The van der Waals surface area contributed by atoms with Gasteiger partial charge in [0.25, 0.3) is 0 Å². The Morgan fingerprint density at radius 1 is 0.877 bits per heavy atom. The largest absolute Gasteiger partial charge is 0.459 e. The highest BCUT2D eigenvalue weighted by Gasteiger charge is 2.65. The van der Waals surface area contributed by atoms with Gasteiger partial charge in [-0.2, -0.15) is 0 Å². The van der Waals surface area contributed by atoms with Crippen molar-refractivity contribution in [2.75, 3.05) is 26.4 Å². The van der Waals surface area contributed by atoms with E-state index >= 15 is 0 Å². The van der Waals surface area contributed by atoms with Crippen molar-refractivity contribution in [2.24, 2.45) is 22.9 Å². The topological polar surface area (TPSA) is 119 Å². The summed E-state index contributed by atoms with van der Waals surface area (Å²) < 4.78 is 41.3. The fraction of sp³-hybridized carbons (Fsp3) is 0.370. The fourth-order valence-corrected chi connectivity index (χ4v) is 10.1. The molecule has 1 aliphatic heterocycles. The number of oxime groups is 1. The lowest BCUT2D eigenvalue weighted by atomic mass is 9.55. The van der Waals surface area contributed by atoms with Crippen molar-refractivity contribution in [1.82, 2.24) is 4.90 Å². The Hall–Kier alpha value is -6.01. The molecule has 65 heavy (non-hydrogen) atoms. The minimum Gasteiger partial charge on any atom is -0.459 e. The van der Waals surface area contributed by atoms with E-state index in [1.165, 1.54) is 12.1 Å². The third-order valence-electron chi connectivity index (χ3n) is 13.0. The van der Waals surface area contributed by atoms with Crippen LogP contribution in [0.25, 0.3) is 10.8 Å². The van der Waals surface area contributed by atoms with Crippen molar-refractivity contribution in [3.8, 4) is 17.2 Å². The summed E-state index contributed by atoms with van der Waals surface area (Å²) in [4.78, 5) is 22.4. The molecule has 5 aromatic carbocycles. The van der Waals surface area contributed by atoms with Crippen LogP contribution in [0.2, 0.25) is 0 Å². The van der Waals surface area contributed by atoms with E-state index in [9.17, 15) is 19.4 Å². The SMILES string of the molecule is C=CCO[C@@]12Oc3ccc(Oc4ccc5ccccc5c4)cc3[C@H]3[C@H](CCCCO)[C@@H](CCCCO)C=C(C(=NOCc4ccccc4)C[C@@H]1N(Cc1ccc(F)cc1)C(=O)OCC)[C@H]32. The minimum absolute atomic E-state index is 0.0117. The second-order valence-electron chi connectivity index (χ2n) is 17.1. The zero-order valence-corrected chi connectivity index (χ0v) is 37.0. The first-order chi connectivity index (χ1) is 31.8. The van der Waals surface area contributed by atoms with Gasteiger partial charge in [-0.25, -0.2) is 9.18 Å². The number of rotatable bonds is 20. The first-order valence-corrected chi connectivity index (χ1v) is 22.9. The Morgan fingerprint density at radius 3 is 2.35 bits per heavy atom. The van der Waals surface area contributed by atoms with Gasteiger partial charge in [0.15, 0.2) is 0 Å². The number of hydrogen-bond acceptors (Lipinski definition) is 9. The van der Waals surface area contributed by atoms with Crippen LogP contribution in [0.15, 0.2) is 145 Å². The number of aliphatic hydroxyl groups is 2. The maximum atomic E-state index is 14.5. The number of unbranched alkanes of at least 4 members (excludes halogenated alkanes) is 2. The van der Waals surface area contributed by atoms with Crippen LogP contribution in [0, 0.1) is 23.6 Å². The molecule has 0 spiro atoms. The van der Waals surface area contributed by atoms with E-state index in [1.54, 1.807) is 30.0 Å². The number of benzene rings is 5. The quantitative estimate of drug-likeness (QED) is 0.0451. The molecule has 340 valence electrons. The van der Waals surface area contributed by atoms with Gasteiger partial charge in [0, 0.05) is 37.7 Å². The third kappa shape index (κ3) is 10.1. The number of ether oxygens (including phenoxy) is 4. The second-order valence-corrected chi connectivity index (χ2v) is 17.1. The summed E-state index contributed by atoms with van der Waals surface area (Å²) >= 11 is 0. The van der Waals surface area contributed by atoms with E-state index in [2.05, 4.69) is 30.9 Å². The third-order valence-corrected chi connectivity index (χ3v) is 13.0. The van der Waals surface area contributed by atoms with Gasteiger partial charge in [-0.15, -0.1) is 6.58 Å². The lowest BCUT2D eigenvalue weighted by Crippen LogP contribution is -2.70. The van der Waals surface area contributed by atoms with Crippen LogP contribution in [-0.2, 0) is 27.5 Å². The molecule has 1 fully saturated rings. The highest BCUT2D eigenvalue weighted by molar-refractivity contribution is 6.03. The number of carbonyl (C=O) groups is 1. The van der Waals surface area contributed by atoms with Crippen molar-refractivity contribution in [3.05, 3.63) is 162 Å². The monoisotopic (exact) mass is 882 g/mol. The Morgan fingerprint density at radius 2 is 1.60 bits per heavy atom. The molecule has 1 amide bonds. The smallest absolute Gasteiger partial charge is 0.410 e. The van der Waals surface area contributed by atoms with Crippen LogP contribution in [0.1, 0.15) is 74.5 Å². The molecule has 6 atom stereocenters. The zero-order valence-electron chi connectivity index (χ0n) is 37.0. The van der Waals surface area contributed by atoms with E-state index in [-0.39, 0.29) is 69.6 Å². The van der Waals surface area contributed by atoms with Crippen LogP contribution in [-0.4, -0.2) is 65.2 Å². The molecule has 5 aromatic rings. The van der Waals surface area contributed by atoms with Crippen molar-refractivity contribution < 1.29 is 43.2 Å². The molecule has 8 rings (SSSR count).